The van der Waals surface area contributed by atoms with Crippen molar-refractivity contribution in [1.29, 1.82) is 0 Å². The maximum atomic E-state index is 12.6. The van der Waals surface area contributed by atoms with Crippen molar-refractivity contribution in [3.05, 3.63) is 71.1 Å². The van der Waals surface area contributed by atoms with Gasteiger partial charge < -0.3 is 9.84 Å². The quantitative estimate of drug-likeness (QED) is 0.615. The van der Waals surface area contributed by atoms with Crippen LogP contribution < -0.4 is 5.32 Å². The molecule has 0 saturated heterocycles. The molecule has 1 amide bonds. The smallest absolute Gasteiger partial charge is 0.273 e. The zero-order valence-electron chi connectivity index (χ0n) is 15.9. The Morgan fingerprint density at radius 3 is 2.57 bits per heavy atom. The zero-order valence-corrected chi connectivity index (χ0v) is 16.7. The molecule has 0 aliphatic carbocycles. The summed E-state index contributed by atoms with van der Waals surface area (Å²) in [6.45, 7) is 6.29. The average molecular weight is 399 g/mol. The Labute approximate surface area is 169 Å². The van der Waals surface area contributed by atoms with Crippen LogP contribution in [-0.2, 0) is 0 Å². The molecule has 0 radical (unpaired) electrons. The number of hydrogen-bond donors (Lipinski definition) is 1. The van der Waals surface area contributed by atoms with Gasteiger partial charge in [-0.2, -0.15) is 0 Å². The summed E-state index contributed by atoms with van der Waals surface area (Å²) in [5.74, 6) is 0.243. The lowest BCUT2D eigenvalue weighted by Gasteiger charge is -2.30. The zero-order chi connectivity index (χ0) is 19.9. The number of rotatable bonds is 8. The number of pyridine rings is 1. The molecule has 0 aliphatic heterocycles. The molecule has 146 valence electrons. The lowest BCUT2D eigenvalue weighted by Crippen LogP contribution is -2.38. The lowest BCUT2D eigenvalue weighted by molar-refractivity contribution is 0.0926. The van der Waals surface area contributed by atoms with Crippen LogP contribution in [0, 0.1) is 0 Å². The fourth-order valence-electron chi connectivity index (χ4n) is 3.16. The summed E-state index contributed by atoms with van der Waals surface area (Å²) >= 11 is 6.41. The minimum Gasteiger partial charge on any atom is -0.355 e. The van der Waals surface area contributed by atoms with Gasteiger partial charge in [-0.3, -0.25) is 14.7 Å². The van der Waals surface area contributed by atoms with E-state index in [2.05, 4.69) is 34.2 Å². The third-order valence-corrected chi connectivity index (χ3v) is 5.03. The average Bonchev–Trinajstić information content (AvgIpc) is 3.23. The van der Waals surface area contributed by atoms with Crippen molar-refractivity contribution in [3.63, 3.8) is 0 Å². The second-order valence-corrected chi connectivity index (χ2v) is 6.69. The molecule has 2 heterocycles. The number of amides is 1. The van der Waals surface area contributed by atoms with E-state index in [1.54, 1.807) is 30.6 Å². The van der Waals surface area contributed by atoms with Crippen LogP contribution in [0.4, 0.5) is 0 Å². The number of carbonyl (C=O) groups is 1. The minimum absolute atomic E-state index is 0.0285. The first-order chi connectivity index (χ1) is 13.6. The summed E-state index contributed by atoms with van der Waals surface area (Å²) < 4.78 is 5.30. The van der Waals surface area contributed by atoms with Gasteiger partial charge >= 0.3 is 0 Å². The van der Waals surface area contributed by atoms with Gasteiger partial charge in [-0.05, 0) is 36.9 Å². The molecule has 28 heavy (non-hydrogen) atoms. The molecule has 0 spiro atoms. The highest BCUT2D eigenvalue weighted by molar-refractivity contribution is 6.31. The highest BCUT2D eigenvalue weighted by atomic mass is 35.5. The van der Waals surface area contributed by atoms with Gasteiger partial charge in [0.15, 0.2) is 11.5 Å². The molecule has 1 unspecified atom stereocenters. The Bertz CT molecular complexity index is 910. The van der Waals surface area contributed by atoms with Gasteiger partial charge in [0.25, 0.3) is 5.91 Å². The second kappa shape index (κ2) is 9.48. The third-order valence-electron chi connectivity index (χ3n) is 4.68. The van der Waals surface area contributed by atoms with Crippen LogP contribution in [0.25, 0.3) is 11.3 Å². The van der Waals surface area contributed by atoms with Gasteiger partial charge in [-0.1, -0.05) is 48.8 Å². The molecule has 7 heteroatoms. The molecule has 1 aromatic carbocycles. The predicted molar refractivity (Wildman–Crippen MR) is 109 cm³/mol. The number of nitrogens with zero attached hydrogens (tertiary/aromatic N) is 3. The maximum Gasteiger partial charge on any atom is 0.273 e. The van der Waals surface area contributed by atoms with E-state index in [0.29, 0.717) is 17.3 Å². The van der Waals surface area contributed by atoms with Crippen LogP contribution in [0.5, 0.6) is 0 Å². The van der Waals surface area contributed by atoms with E-state index in [-0.39, 0.29) is 17.6 Å². The summed E-state index contributed by atoms with van der Waals surface area (Å²) in [5.41, 5.74) is 2.05. The highest BCUT2D eigenvalue weighted by Crippen LogP contribution is 2.27. The van der Waals surface area contributed by atoms with E-state index in [1.165, 1.54) is 0 Å². The standard InChI is InChI=1S/C21H23ClN4O2/c1-3-26(4-2)19(16-7-5-6-8-17(16)22)14-24-21(27)18-13-20(28-25-18)15-9-11-23-12-10-15/h5-13,19H,3-4,14H2,1-2H3,(H,24,27). The number of halogens is 1. The molecule has 2 aromatic heterocycles. The number of hydrogen-bond acceptors (Lipinski definition) is 5. The molecule has 3 aromatic rings. The van der Waals surface area contributed by atoms with E-state index in [1.807, 2.05) is 24.3 Å². The molecule has 0 aliphatic rings. The van der Waals surface area contributed by atoms with Crippen molar-refractivity contribution in [2.75, 3.05) is 19.6 Å². The first-order valence-corrected chi connectivity index (χ1v) is 9.65. The first-order valence-electron chi connectivity index (χ1n) is 9.27. The fraction of sp³-hybridized carbons (Fsp3) is 0.286. The SMILES string of the molecule is CCN(CC)C(CNC(=O)c1cc(-c2ccncc2)on1)c1ccccc1Cl. The normalized spacial score (nSPS) is 12.1. The maximum absolute atomic E-state index is 12.6. The Morgan fingerprint density at radius 2 is 1.89 bits per heavy atom. The Morgan fingerprint density at radius 1 is 1.18 bits per heavy atom. The Kier molecular flexibility index (Phi) is 6.79. The number of aromatic nitrogens is 2. The van der Waals surface area contributed by atoms with Crippen molar-refractivity contribution < 1.29 is 9.32 Å². The molecule has 1 N–H and O–H groups in total. The molecule has 0 bridgehead atoms. The molecule has 6 nitrogen and oxygen atoms in total. The fourth-order valence-corrected chi connectivity index (χ4v) is 3.42. The predicted octanol–water partition coefficient (Wildman–Crippen LogP) is 4.20. The molecule has 3 rings (SSSR count). The lowest BCUT2D eigenvalue weighted by atomic mass is 10.0. The number of likely N-dealkylation sites (N-methyl/N-ethyl adjacent to an activating group) is 1. The molecular formula is C21H23ClN4O2. The van der Waals surface area contributed by atoms with E-state index in [4.69, 9.17) is 16.1 Å². The summed E-state index contributed by atoms with van der Waals surface area (Å²) in [6, 6.07) is 12.9. The Hall–Kier alpha value is -2.70. The van der Waals surface area contributed by atoms with E-state index < -0.39 is 0 Å². The van der Waals surface area contributed by atoms with Crippen molar-refractivity contribution in [2.24, 2.45) is 0 Å². The van der Waals surface area contributed by atoms with Gasteiger partial charge in [0.1, 0.15) is 0 Å². The first kappa shape index (κ1) is 20.0. The number of carbonyl (C=O) groups excluding carboxylic acids is 1. The van der Waals surface area contributed by atoms with Crippen LogP contribution in [-0.4, -0.2) is 40.6 Å². The Balaban J connectivity index is 1.74. The summed E-state index contributed by atoms with van der Waals surface area (Å²) in [6.07, 6.45) is 3.33. The van der Waals surface area contributed by atoms with Crippen molar-refractivity contribution in [3.8, 4) is 11.3 Å². The molecule has 0 fully saturated rings. The second-order valence-electron chi connectivity index (χ2n) is 6.28. The van der Waals surface area contributed by atoms with Gasteiger partial charge in [0.2, 0.25) is 0 Å². The van der Waals surface area contributed by atoms with Gasteiger partial charge in [0, 0.05) is 35.6 Å². The van der Waals surface area contributed by atoms with Crippen LogP contribution in [0.15, 0.2) is 59.4 Å². The van der Waals surface area contributed by atoms with Crippen molar-refractivity contribution >= 4 is 17.5 Å². The van der Waals surface area contributed by atoms with Crippen molar-refractivity contribution in [2.45, 2.75) is 19.9 Å². The van der Waals surface area contributed by atoms with Crippen LogP contribution in [0.3, 0.4) is 0 Å². The van der Waals surface area contributed by atoms with Crippen LogP contribution >= 0.6 is 11.6 Å². The monoisotopic (exact) mass is 398 g/mol. The molecule has 1 atom stereocenters. The summed E-state index contributed by atoms with van der Waals surface area (Å²) in [4.78, 5) is 18.8. The molecular weight excluding hydrogens is 376 g/mol. The van der Waals surface area contributed by atoms with Crippen LogP contribution in [0.1, 0.15) is 35.9 Å². The van der Waals surface area contributed by atoms with Crippen molar-refractivity contribution in [1.82, 2.24) is 20.4 Å². The van der Waals surface area contributed by atoms with Gasteiger partial charge in [-0.15, -0.1) is 0 Å². The summed E-state index contributed by atoms with van der Waals surface area (Å²) in [5, 5.41) is 7.55. The topological polar surface area (TPSA) is 71.3 Å². The summed E-state index contributed by atoms with van der Waals surface area (Å²) in [7, 11) is 0. The van der Waals surface area contributed by atoms with Gasteiger partial charge in [-0.25, -0.2) is 0 Å². The highest BCUT2D eigenvalue weighted by Gasteiger charge is 2.22. The van der Waals surface area contributed by atoms with Gasteiger partial charge in [0.05, 0.1) is 6.04 Å². The van der Waals surface area contributed by atoms with E-state index >= 15 is 0 Å². The van der Waals surface area contributed by atoms with E-state index in [0.717, 1.165) is 24.2 Å². The van der Waals surface area contributed by atoms with Crippen LogP contribution in [0.2, 0.25) is 5.02 Å². The number of nitrogens with one attached hydrogen (secondary N) is 1. The largest absolute Gasteiger partial charge is 0.355 e. The molecule has 0 saturated carbocycles. The van der Waals surface area contributed by atoms with E-state index in [9.17, 15) is 4.79 Å². The minimum atomic E-state index is -0.284. The third kappa shape index (κ3) is 4.58. The number of benzene rings is 1.